The minimum absolute atomic E-state index is 0.0265. The van der Waals surface area contributed by atoms with Crippen LogP contribution in [0.25, 0.3) is 0 Å². The Labute approximate surface area is 136 Å². The number of hydrogen-bond acceptors (Lipinski definition) is 4. The molecule has 3 N–H and O–H groups in total. The van der Waals surface area contributed by atoms with Crippen molar-refractivity contribution in [3.8, 4) is 0 Å². The van der Waals surface area contributed by atoms with Crippen LogP contribution in [0.15, 0.2) is 35.7 Å². The molecule has 1 atom stereocenters. The summed E-state index contributed by atoms with van der Waals surface area (Å²) in [5, 5.41) is 17.0. The minimum atomic E-state index is -0.829. The molecule has 7 heteroatoms. The van der Waals surface area contributed by atoms with Gasteiger partial charge in [-0.05, 0) is 36.1 Å². The Morgan fingerprint density at radius 1 is 1.32 bits per heavy atom. The summed E-state index contributed by atoms with van der Waals surface area (Å²) in [6, 6.07) is 8.58. The van der Waals surface area contributed by atoms with Gasteiger partial charge in [-0.15, -0.1) is 11.3 Å². The first-order valence-corrected chi connectivity index (χ1v) is 7.80. The van der Waals surface area contributed by atoms with Gasteiger partial charge >= 0.3 is 11.8 Å². The van der Waals surface area contributed by atoms with Crippen LogP contribution in [0.2, 0.25) is 5.02 Å². The zero-order valence-corrected chi connectivity index (χ0v) is 13.4. The van der Waals surface area contributed by atoms with Crippen LogP contribution in [0.4, 0.5) is 5.69 Å². The Kier molecular flexibility index (Phi) is 5.54. The van der Waals surface area contributed by atoms with E-state index in [1.165, 1.54) is 11.3 Å². The fourth-order valence-corrected chi connectivity index (χ4v) is 2.64. The molecule has 2 aromatic rings. The van der Waals surface area contributed by atoms with Gasteiger partial charge in [0.25, 0.3) is 0 Å². The quantitative estimate of drug-likeness (QED) is 0.749. The summed E-state index contributed by atoms with van der Waals surface area (Å²) in [5.74, 6) is -1.61. The maximum atomic E-state index is 11.8. The van der Waals surface area contributed by atoms with Gasteiger partial charge in [-0.2, -0.15) is 0 Å². The molecule has 2 rings (SSSR count). The van der Waals surface area contributed by atoms with Crippen LogP contribution in [0.3, 0.4) is 0 Å². The second-order valence-electron chi connectivity index (χ2n) is 4.65. The number of rotatable bonds is 4. The number of hydrogen-bond donors (Lipinski definition) is 3. The average molecular weight is 339 g/mol. The van der Waals surface area contributed by atoms with Crippen LogP contribution in [-0.4, -0.2) is 23.5 Å². The number of aryl methyl sites for hydroxylation is 1. The number of halogens is 1. The van der Waals surface area contributed by atoms with Gasteiger partial charge in [0.15, 0.2) is 0 Å². The molecule has 1 aromatic heterocycles. The third-order valence-electron chi connectivity index (χ3n) is 2.98. The molecule has 1 heterocycles. The normalized spacial score (nSPS) is 11.8. The average Bonchev–Trinajstić information content (AvgIpc) is 3.02. The lowest BCUT2D eigenvalue weighted by molar-refractivity contribution is -0.136. The van der Waals surface area contributed by atoms with Crippen LogP contribution in [-0.2, 0) is 9.59 Å². The smallest absolute Gasteiger partial charge is 0.313 e. The SMILES string of the molecule is Cc1ccc(Cl)cc1NC(=O)C(=O)NCC(O)c1cccs1. The lowest BCUT2D eigenvalue weighted by atomic mass is 10.2. The summed E-state index contributed by atoms with van der Waals surface area (Å²) in [6.45, 7) is 1.77. The lowest BCUT2D eigenvalue weighted by Crippen LogP contribution is -2.37. The fraction of sp³-hybridized carbons (Fsp3) is 0.200. The van der Waals surface area contributed by atoms with Gasteiger partial charge in [-0.1, -0.05) is 23.7 Å². The minimum Gasteiger partial charge on any atom is -0.386 e. The highest BCUT2D eigenvalue weighted by Crippen LogP contribution is 2.20. The van der Waals surface area contributed by atoms with Crippen molar-refractivity contribution in [2.45, 2.75) is 13.0 Å². The molecule has 0 fully saturated rings. The van der Waals surface area contributed by atoms with Gasteiger partial charge in [0.1, 0.15) is 6.10 Å². The van der Waals surface area contributed by atoms with E-state index in [4.69, 9.17) is 11.6 Å². The first-order chi connectivity index (χ1) is 10.5. The molecule has 0 saturated heterocycles. The third-order valence-corrected chi connectivity index (χ3v) is 4.19. The van der Waals surface area contributed by atoms with Crippen LogP contribution in [0, 0.1) is 6.92 Å². The molecule has 2 amide bonds. The van der Waals surface area contributed by atoms with E-state index < -0.39 is 17.9 Å². The first-order valence-electron chi connectivity index (χ1n) is 6.54. The zero-order chi connectivity index (χ0) is 16.1. The van der Waals surface area contributed by atoms with Crippen molar-refractivity contribution in [3.05, 3.63) is 51.2 Å². The number of benzene rings is 1. The number of carbonyl (C=O) groups excluding carboxylic acids is 2. The highest BCUT2D eigenvalue weighted by molar-refractivity contribution is 7.10. The molecule has 0 bridgehead atoms. The van der Waals surface area contributed by atoms with Gasteiger partial charge in [0.05, 0.1) is 0 Å². The number of aliphatic hydroxyl groups excluding tert-OH is 1. The van der Waals surface area contributed by atoms with Crippen LogP contribution >= 0.6 is 22.9 Å². The predicted octanol–water partition coefficient (Wildman–Crippen LogP) is 2.50. The van der Waals surface area contributed by atoms with E-state index in [0.29, 0.717) is 10.7 Å². The number of amides is 2. The molecular formula is C15H15ClN2O3S. The van der Waals surface area contributed by atoms with Gasteiger partial charge in [0, 0.05) is 22.1 Å². The molecule has 0 aliphatic heterocycles. The molecule has 0 radical (unpaired) electrons. The van der Waals surface area contributed by atoms with Gasteiger partial charge in [0.2, 0.25) is 0 Å². The van der Waals surface area contributed by atoms with E-state index in [0.717, 1.165) is 10.4 Å². The van der Waals surface area contributed by atoms with E-state index >= 15 is 0 Å². The predicted molar refractivity (Wildman–Crippen MR) is 87.1 cm³/mol. The lowest BCUT2D eigenvalue weighted by Gasteiger charge is -2.11. The van der Waals surface area contributed by atoms with Crippen LogP contribution in [0.1, 0.15) is 16.5 Å². The summed E-state index contributed by atoms with van der Waals surface area (Å²) in [5.41, 5.74) is 1.27. The maximum absolute atomic E-state index is 11.8. The van der Waals surface area contributed by atoms with Crippen molar-refractivity contribution in [1.29, 1.82) is 0 Å². The number of thiophene rings is 1. The molecular weight excluding hydrogens is 324 g/mol. The fourth-order valence-electron chi connectivity index (χ4n) is 1.76. The number of aliphatic hydroxyl groups is 1. The Morgan fingerprint density at radius 3 is 2.77 bits per heavy atom. The van der Waals surface area contributed by atoms with Crippen molar-refractivity contribution in [2.75, 3.05) is 11.9 Å². The number of anilines is 1. The van der Waals surface area contributed by atoms with Gasteiger partial charge < -0.3 is 15.7 Å². The number of carbonyl (C=O) groups is 2. The van der Waals surface area contributed by atoms with Crippen molar-refractivity contribution in [2.24, 2.45) is 0 Å². The van der Waals surface area contributed by atoms with E-state index in [2.05, 4.69) is 10.6 Å². The molecule has 1 unspecified atom stereocenters. The van der Waals surface area contributed by atoms with Crippen LogP contribution in [0.5, 0.6) is 0 Å². The summed E-state index contributed by atoms with van der Waals surface area (Å²) in [7, 11) is 0. The monoisotopic (exact) mass is 338 g/mol. The molecule has 0 aliphatic rings. The van der Waals surface area contributed by atoms with E-state index in [9.17, 15) is 14.7 Å². The molecule has 1 aromatic carbocycles. The Balaban J connectivity index is 1.89. The molecule has 0 saturated carbocycles. The topological polar surface area (TPSA) is 78.4 Å². The van der Waals surface area contributed by atoms with Crippen molar-refractivity contribution >= 4 is 40.4 Å². The second-order valence-corrected chi connectivity index (χ2v) is 6.07. The second kappa shape index (κ2) is 7.40. The summed E-state index contributed by atoms with van der Waals surface area (Å²) in [6.07, 6.45) is -0.829. The standard InChI is InChI=1S/C15H15ClN2O3S/c1-9-4-5-10(16)7-11(9)18-15(21)14(20)17-8-12(19)13-3-2-6-22-13/h2-7,12,19H,8H2,1H3,(H,17,20)(H,18,21). The number of nitrogens with one attached hydrogen (secondary N) is 2. The highest BCUT2D eigenvalue weighted by Gasteiger charge is 2.17. The zero-order valence-electron chi connectivity index (χ0n) is 11.8. The largest absolute Gasteiger partial charge is 0.386 e. The Bertz CT molecular complexity index is 673. The molecule has 0 aliphatic carbocycles. The summed E-state index contributed by atoms with van der Waals surface area (Å²) >= 11 is 7.24. The maximum Gasteiger partial charge on any atom is 0.313 e. The molecule has 5 nitrogen and oxygen atoms in total. The van der Waals surface area contributed by atoms with Crippen LogP contribution < -0.4 is 10.6 Å². The van der Waals surface area contributed by atoms with Crippen molar-refractivity contribution < 1.29 is 14.7 Å². The van der Waals surface area contributed by atoms with Crippen molar-refractivity contribution in [3.63, 3.8) is 0 Å². The summed E-state index contributed by atoms with van der Waals surface area (Å²) in [4.78, 5) is 24.3. The summed E-state index contributed by atoms with van der Waals surface area (Å²) < 4.78 is 0. The van der Waals surface area contributed by atoms with E-state index in [-0.39, 0.29) is 6.54 Å². The first kappa shape index (κ1) is 16.5. The van der Waals surface area contributed by atoms with Crippen molar-refractivity contribution in [1.82, 2.24) is 5.32 Å². The van der Waals surface area contributed by atoms with E-state index in [1.807, 2.05) is 5.38 Å². The third kappa shape index (κ3) is 4.30. The van der Waals surface area contributed by atoms with Gasteiger partial charge in [-0.3, -0.25) is 9.59 Å². The molecule has 22 heavy (non-hydrogen) atoms. The Morgan fingerprint density at radius 2 is 2.09 bits per heavy atom. The molecule has 0 spiro atoms. The molecule has 116 valence electrons. The van der Waals surface area contributed by atoms with Gasteiger partial charge in [-0.25, -0.2) is 0 Å². The Hall–Kier alpha value is -1.89. The highest BCUT2D eigenvalue weighted by atomic mass is 35.5. The van der Waals surface area contributed by atoms with E-state index in [1.54, 1.807) is 37.3 Å².